The van der Waals surface area contributed by atoms with Gasteiger partial charge in [-0.1, -0.05) is 0 Å². The van der Waals surface area contributed by atoms with Crippen LogP contribution in [-0.4, -0.2) is 54.9 Å². The van der Waals surface area contributed by atoms with Gasteiger partial charge >= 0.3 is 6.03 Å². The van der Waals surface area contributed by atoms with E-state index in [1.807, 2.05) is 49.1 Å². The van der Waals surface area contributed by atoms with Crippen LogP contribution in [0.25, 0.3) is 0 Å². The molecule has 1 N–H and O–H groups in total. The molecule has 29 heavy (non-hydrogen) atoms. The minimum atomic E-state index is -0.136. The number of piperidine rings is 1. The Labute approximate surface area is 172 Å². The van der Waals surface area contributed by atoms with Crippen molar-refractivity contribution in [2.75, 3.05) is 26.7 Å². The average molecular weight is 399 g/mol. The number of benzene rings is 1. The number of aryl methyl sites for hydroxylation is 1. The number of aromatic nitrogens is 1. The van der Waals surface area contributed by atoms with E-state index < -0.39 is 0 Å². The van der Waals surface area contributed by atoms with Crippen molar-refractivity contribution in [3.05, 3.63) is 48.3 Å². The number of rotatable bonds is 7. The van der Waals surface area contributed by atoms with Crippen LogP contribution in [0.3, 0.4) is 0 Å². The molecule has 1 atom stereocenters. The van der Waals surface area contributed by atoms with Gasteiger partial charge in [0.25, 0.3) is 0 Å². The van der Waals surface area contributed by atoms with Crippen LogP contribution in [0.1, 0.15) is 25.3 Å². The van der Waals surface area contributed by atoms with Crippen molar-refractivity contribution >= 4 is 6.03 Å². The molecule has 2 aromatic rings. The molecule has 156 valence electrons. The van der Waals surface area contributed by atoms with Crippen molar-refractivity contribution in [3.8, 4) is 17.2 Å². The van der Waals surface area contributed by atoms with Gasteiger partial charge in [-0.2, -0.15) is 0 Å². The summed E-state index contributed by atoms with van der Waals surface area (Å²) in [4.78, 5) is 18.4. The fraction of sp³-hybridized carbons (Fsp3) is 0.455. The zero-order chi connectivity index (χ0) is 20.6. The van der Waals surface area contributed by atoms with Crippen molar-refractivity contribution in [2.45, 2.75) is 38.9 Å². The Kier molecular flexibility index (Phi) is 7.16. The number of nitrogens with one attached hydrogen (secondary N) is 1. The number of ether oxygens (including phenoxy) is 3. The number of methoxy groups -OCH3 is 1. The Morgan fingerprint density at radius 3 is 2.55 bits per heavy atom. The molecule has 2 heterocycles. The van der Waals surface area contributed by atoms with Gasteiger partial charge in [0.2, 0.25) is 0 Å². The summed E-state index contributed by atoms with van der Waals surface area (Å²) in [7, 11) is 1.63. The van der Waals surface area contributed by atoms with Crippen LogP contribution in [0.15, 0.2) is 42.7 Å². The third kappa shape index (κ3) is 6.01. The standard InChI is InChI=1S/C22H29N3O4/c1-16-14-23-11-8-21(16)29-20-9-12-25(13-10-20)22(26)24-15-17(2)28-19-6-4-18(27-3)5-7-19/h4-8,11,14,17,20H,9-10,12-13,15H2,1-3H3,(H,24,26). The molecule has 3 rings (SSSR count). The highest BCUT2D eigenvalue weighted by atomic mass is 16.5. The second-order valence-electron chi connectivity index (χ2n) is 7.24. The summed E-state index contributed by atoms with van der Waals surface area (Å²) < 4.78 is 17.0. The molecule has 0 radical (unpaired) electrons. The Morgan fingerprint density at radius 1 is 1.21 bits per heavy atom. The molecule has 0 aliphatic carbocycles. The fourth-order valence-corrected chi connectivity index (χ4v) is 3.22. The lowest BCUT2D eigenvalue weighted by Crippen LogP contribution is -2.48. The summed E-state index contributed by atoms with van der Waals surface area (Å²) in [5, 5.41) is 2.96. The minimum Gasteiger partial charge on any atom is -0.497 e. The highest BCUT2D eigenvalue weighted by molar-refractivity contribution is 5.74. The number of amides is 2. The molecule has 7 nitrogen and oxygen atoms in total. The van der Waals surface area contributed by atoms with Crippen LogP contribution < -0.4 is 19.5 Å². The Morgan fingerprint density at radius 2 is 1.90 bits per heavy atom. The van der Waals surface area contributed by atoms with E-state index in [2.05, 4.69) is 10.3 Å². The lowest BCUT2D eigenvalue weighted by Gasteiger charge is -2.32. The Balaban J connectivity index is 1.38. The van der Waals surface area contributed by atoms with Gasteiger partial charge in [-0.25, -0.2) is 4.79 Å². The molecule has 2 amide bonds. The Hall–Kier alpha value is -2.96. The molecule has 0 spiro atoms. The van der Waals surface area contributed by atoms with Crippen molar-refractivity contribution in [1.82, 2.24) is 15.2 Å². The molecule has 1 aromatic heterocycles. The zero-order valence-electron chi connectivity index (χ0n) is 17.3. The predicted octanol–water partition coefficient (Wildman–Crippen LogP) is 3.42. The maximum Gasteiger partial charge on any atom is 0.317 e. The maximum absolute atomic E-state index is 12.5. The van der Waals surface area contributed by atoms with Crippen molar-refractivity contribution in [2.24, 2.45) is 0 Å². The predicted molar refractivity (Wildman–Crippen MR) is 111 cm³/mol. The Bertz CT molecular complexity index is 789. The highest BCUT2D eigenvalue weighted by Crippen LogP contribution is 2.22. The van der Waals surface area contributed by atoms with E-state index in [9.17, 15) is 4.79 Å². The second kappa shape index (κ2) is 10.0. The lowest BCUT2D eigenvalue weighted by atomic mass is 10.1. The number of carbonyl (C=O) groups excluding carboxylic acids is 1. The number of carbonyl (C=O) groups is 1. The quantitative estimate of drug-likeness (QED) is 0.772. The lowest BCUT2D eigenvalue weighted by molar-refractivity contribution is 0.109. The molecular formula is C22H29N3O4. The van der Waals surface area contributed by atoms with Crippen molar-refractivity contribution in [3.63, 3.8) is 0 Å². The van der Waals surface area contributed by atoms with Crippen molar-refractivity contribution < 1.29 is 19.0 Å². The van der Waals surface area contributed by atoms with E-state index in [0.29, 0.717) is 19.6 Å². The summed E-state index contributed by atoms with van der Waals surface area (Å²) in [6.07, 6.45) is 5.15. The number of likely N-dealkylation sites (tertiary alicyclic amines) is 1. The fourth-order valence-electron chi connectivity index (χ4n) is 3.22. The van der Waals surface area contributed by atoms with Gasteiger partial charge < -0.3 is 24.4 Å². The number of pyridine rings is 1. The van der Waals surface area contributed by atoms with Crippen LogP contribution in [-0.2, 0) is 0 Å². The average Bonchev–Trinajstić information content (AvgIpc) is 2.75. The normalized spacial score (nSPS) is 15.5. The van der Waals surface area contributed by atoms with Crippen LogP contribution in [0, 0.1) is 6.92 Å². The molecular weight excluding hydrogens is 370 g/mol. The largest absolute Gasteiger partial charge is 0.497 e. The van der Waals surface area contributed by atoms with E-state index in [1.165, 1.54) is 0 Å². The van der Waals surface area contributed by atoms with E-state index in [4.69, 9.17) is 14.2 Å². The number of nitrogens with zero attached hydrogens (tertiary/aromatic N) is 2. The number of hydrogen-bond donors (Lipinski definition) is 1. The number of hydrogen-bond acceptors (Lipinski definition) is 5. The zero-order valence-corrected chi connectivity index (χ0v) is 17.3. The van der Waals surface area contributed by atoms with Crippen LogP contribution in [0.4, 0.5) is 4.79 Å². The molecule has 0 bridgehead atoms. The molecule has 1 saturated heterocycles. The van der Waals surface area contributed by atoms with Gasteiger partial charge in [0.1, 0.15) is 29.5 Å². The SMILES string of the molecule is COc1ccc(OC(C)CNC(=O)N2CCC(Oc3ccncc3C)CC2)cc1. The molecule has 1 fully saturated rings. The smallest absolute Gasteiger partial charge is 0.317 e. The van der Waals surface area contributed by atoms with Gasteiger partial charge in [-0.15, -0.1) is 0 Å². The maximum atomic E-state index is 12.5. The molecule has 1 unspecified atom stereocenters. The molecule has 1 aliphatic heterocycles. The summed E-state index contributed by atoms with van der Waals surface area (Å²) in [6.45, 7) is 5.71. The van der Waals surface area contributed by atoms with Gasteiger partial charge in [0.05, 0.1) is 13.7 Å². The highest BCUT2D eigenvalue weighted by Gasteiger charge is 2.24. The third-order valence-corrected chi connectivity index (χ3v) is 4.93. The number of urea groups is 1. The first-order chi connectivity index (χ1) is 14.0. The van der Waals surface area contributed by atoms with Crippen LogP contribution in [0.2, 0.25) is 0 Å². The topological polar surface area (TPSA) is 72.9 Å². The van der Waals surface area contributed by atoms with E-state index in [1.54, 1.807) is 19.5 Å². The van der Waals surface area contributed by atoms with E-state index in [-0.39, 0.29) is 18.2 Å². The third-order valence-electron chi connectivity index (χ3n) is 4.93. The molecule has 7 heteroatoms. The van der Waals surface area contributed by atoms with Gasteiger partial charge in [-0.3, -0.25) is 4.98 Å². The monoisotopic (exact) mass is 399 g/mol. The first-order valence-electron chi connectivity index (χ1n) is 9.96. The van der Waals surface area contributed by atoms with Crippen LogP contribution >= 0.6 is 0 Å². The summed E-state index contributed by atoms with van der Waals surface area (Å²) >= 11 is 0. The molecule has 1 aliphatic rings. The van der Waals surface area contributed by atoms with Crippen molar-refractivity contribution in [1.29, 1.82) is 0 Å². The summed E-state index contributed by atoms with van der Waals surface area (Å²) in [5.74, 6) is 2.40. The van der Waals surface area contributed by atoms with E-state index >= 15 is 0 Å². The second-order valence-corrected chi connectivity index (χ2v) is 7.24. The molecule has 1 aromatic carbocycles. The minimum absolute atomic E-state index is 0.0614. The summed E-state index contributed by atoms with van der Waals surface area (Å²) in [6, 6.07) is 9.23. The summed E-state index contributed by atoms with van der Waals surface area (Å²) in [5.41, 5.74) is 1.03. The first kappa shape index (κ1) is 20.8. The van der Waals surface area contributed by atoms with E-state index in [0.717, 1.165) is 35.7 Å². The van der Waals surface area contributed by atoms with Gasteiger partial charge in [0.15, 0.2) is 0 Å². The van der Waals surface area contributed by atoms with Crippen LogP contribution in [0.5, 0.6) is 17.2 Å². The molecule has 0 saturated carbocycles. The first-order valence-corrected chi connectivity index (χ1v) is 9.96. The van der Waals surface area contributed by atoms with Gasteiger partial charge in [0, 0.05) is 43.9 Å². The van der Waals surface area contributed by atoms with Gasteiger partial charge in [-0.05, 0) is 44.2 Å².